The molecule has 0 bridgehead atoms. The van der Waals surface area contributed by atoms with E-state index in [0.29, 0.717) is 18.0 Å². The van der Waals surface area contributed by atoms with Crippen LogP contribution in [0.4, 0.5) is 5.69 Å². The van der Waals surface area contributed by atoms with E-state index in [1.165, 1.54) is 17.0 Å². The quantitative estimate of drug-likeness (QED) is 0.292. The predicted octanol–water partition coefficient (Wildman–Crippen LogP) is 5.79. The van der Waals surface area contributed by atoms with Crippen LogP contribution in [0.1, 0.15) is 48.9 Å². The molecule has 0 fully saturated rings. The smallest absolute Gasteiger partial charge is 0.264 e. The van der Waals surface area contributed by atoms with Crippen LogP contribution in [-0.4, -0.2) is 44.3 Å². The number of nitrogens with zero attached hydrogens (tertiary/aromatic N) is 2. The first-order valence-corrected chi connectivity index (χ1v) is 15.3. The Balaban J connectivity index is 2.07. The van der Waals surface area contributed by atoms with Crippen LogP contribution in [0.5, 0.6) is 0 Å². The van der Waals surface area contributed by atoms with Crippen molar-refractivity contribution in [3.8, 4) is 0 Å². The maximum absolute atomic E-state index is 14.1. The molecule has 1 N–H and O–H groups in total. The zero-order chi connectivity index (χ0) is 29.4. The Hall–Kier alpha value is -3.36. The van der Waals surface area contributed by atoms with Gasteiger partial charge < -0.3 is 10.2 Å². The molecule has 9 heteroatoms. The lowest BCUT2D eigenvalue weighted by atomic mass is 10.1. The Morgan fingerprint density at radius 3 is 2.05 bits per heavy atom. The Bertz CT molecular complexity index is 1420. The number of hydrogen-bond acceptors (Lipinski definition) is 4. The molecule has 0 aliphatic heterocycles. The molecule has 0 spiro atoms. The van der Waals surface area contributed by atoms with E-state index in [1.54, 1.807) is 30.3 Å². The summed E-state index contributed by atoms with van der Waals surface area (Å²) in [4.78, 5) is 28.8. The second kappa shape index (κ2) is 13.8. The molecule has 0 heterocycles. The molecule has 0 saturated heterocycles. The number of nitrogens with one attached hydrogen (secondary N) is 1. The first-order chi connectivity index (χ1) is 19.0. The van der Waals surface area contributed by atoms with E-state index in [9.17, 15) is 18.0 Å². The summed E-state index contributed by atoms with van der Waals surface area (Å²) in [6.45, 7) is 9.60. The van der Waals surface area contributed by atoms with Gasteiger partial charge in [-0.2, -0.15) is 0 Å². The Morgan fingerprint density at radius 2 is 1.50 bits per heavy atom. The average Bonchev–Trinajstić information content (AvgIpc) is 2.93. The molecule has 0 radical (unpaired) electrons. The molecule has 7 nitrogen and oxygen atoms in total. The van der Waals surface area contributed by atoms with Crippen LogP contribution >= 0.6 is 11.6 Å². The molecule has 0 saturated carbocycles. The van der Waals surface area contributed by atoms with Gasteiger partial charge in [-0.25, -0.2) is 8.42 Å². The van der Waals surface area contributed by atoms with E-state index in [-0.39, 0.29) is 23.0 Å². The third kappa shape index (κ3) is 7.64. The van der Waals surface area contributed by atoms with Gasteiger partial charge in [0.1, 0.15) is 12.6 Å². The maximum Gasteiger partial charge on any atom is 0.264 e. The maximum atomic E-state index is 14.1. The molecular weight excluding hydrogens is 546 g/mol. The van der Waals surface area contributed by atoms with Crippen molar-refractivity contribution in [1.82, 2.24) is 10.2 Å². The molecule has 40 heavy (non-hydrogen) atoms. The molecule has 0 aliphatic carbocycles. The zero-order valence-corrected chi connectivity index (χ0v) is 25.3. The standard InChI is InChI=1S/C31H38ClN3O4S/c1-6-18-33-31(37)29(7-2)34(20-25-13-8-22(3)9-14-25)30(36)21-35(26-15-12-24(5)28(32)19-26)40(38,39)27-16-10-23(4)11-17-27/h8-17,19,29H,6-7,18,20-21H2,1-5H3,(H,33,37)/t29-/m1/s1. The second-order valence-electron chi connectivity index (χ2n) is 9.98. The summed E-state index contributed by atoms with van der Waals surface area (Å²) in [5.41, 5.74) is 3.87. The van der Waals surface area contributed by atoms with Crippen LogP contribution in [0.25, 0.3) is 0 Å². The summed E-state index contributed by atoms with van der Waals surface area (Å²) < 4.78 is 29.0. The van der Waals surface area contributed by atoms with Gasteiger partial charge in [0.05, 0.1) is 10.6 Å². The molecule has 3 rings (SSSR count). The molecule has 2 amide bonds. The van der Waals surface area contributed by atoms with Crippen molar-refractivity contribution in [1.29, 1.82) is 0 Å². The van der Waals surface area contributed by atoms with E-state index >= 15 is 0 Å². The topological polar surface area (TPSA) is 86.8 Å². The minimum Gasteiger partial charge on any atom is -0.354 e. The number of carbonyl (C=O) groups excluding carboxylic acids is 2. The molecule has 3 aromatic rings. The number of carbonyl (C=O) groups is 2. The lowest BCUT2D eigenvalue weighted by molar-refractivity contribution is -0.140. The number of halogens is 1. The highest BCUT2D eigenvalue weighted by Gasteiger charge is 2.33. The van der Waals surface area contributed by atoms with Crippen molar-refractivity contribution in [3.63, 3.8) is 0 Å². The van der Waals surface area contributed by atoms with Crippen LogP contribution in [0.15, 0.2) is 71.6 Å². The molecule has 214 valence electrons. The second-order valence-corrected chi connectivity index (χ2v) is 12.3. The fourth-order valence-electron chi connectivity index (χ4n) is 4.28. The van der Waals surface area contributed by atoms with Crippen molar-refractivity contribution in [2.24, 2.45) is 0 Å². The lowest BCUT2D eigenvalue weighted by Crippen LogP contribution is -2.52. The van der Waals surface area contributed by atoms with Gasteiger partial charge in [0.25, 0.3) is 10.0 Å². The van der Waals surface area contributed by atoms with Crippen molar-refractivity contribution in [3.05, 3.63) is 94.0 Å². The first kappa shape index (κ1) is 31.2. The fourth-order valence-corrected chi connectivity index (χ4v) is 5.86. The summed E-state index contributed by atoms with van der Waals surface area (Å²) >= 11 is 6.39. The van der Waals surface area contributed by atoms with Crippen molar-refractivity contribution < 1.29 is 18.0 Å². The zero-order valence-electron chi connectivity index (χ0n) is 23.8. The highest BCUT2D eigenvalue weighted by molar-refractivity contribution is 7.92. The van der Waals surface area contributed by atoms with E-state index < -0.39 is 28.5 Å². The van der Waals surface area contributed by atoms with Gasteiger partial charge in [-0.05, 0) is 69.0 Å². The SMILES string of the molecule is CCCNC(=O)[C@@H](CC)N(Cc1ccc(C)cc1)C(=O)CN(c1ccc(C)c(Cl)c1)S(=O)(=O)c1ccc(C)cc1. The van der Waals surface area contributed by atoms with Crippen LogP contribution in [0.3, 0.4) is 0 Å². The van der Waals surface area contributed by atoms with Gasteiger partial charge in [-0.1, -0.05) is 79.0 Å². The van der Waals surface area contributed by atoms with Gasteiger partial charge >= 0.3 is 0 Å². The molecule has 0 unspecified atom stereocenters. The van der Waals surface area contributed by atoms with Crippen molar-refractivity contribution in [2.45, 2.75) is 64.9 Å². The normalized spacial score (nSPS) is 12.1. The number of anilines is 1. The van der Waals surface area contributed by atoms with Gasteiger partial charge in [-0.15, -0.1) is 0 Å². The number of sulfonamides is 1. The van der Waals surface area contributed by atoms with Crippen LogP contribution in [0, 0.1) is 20.8 Å². The third-order valence-corrected chi connectivity index (χ3v) is 8.94. The van der Waals surface area contributed by atoms with Crippen molar-refractivity contribution >= 4 is 39.1 Å². The van der Waals surface area contributed by atoms with Crippen molar-refractivity contribution in [2.75, 3.05) is 17.4 Å². The predicted molar refractivity (Wildman–Crippen MR) is 161 cm³/mol. The highest BCUT2D eigenvalue weighted by atomic mass is 35.5. The minimum absolute atomic E-state index is 0.0559. The van der Waals surface area contributed by atoms with E-state index in [0.717, 1.165) is 33.0 Å². The summed E-state index contributed by atoms with van der Waals surface area (Å²) in [5, 5.41) is 3.28. The van der Waals surface area contributed by atoms with Gasteiger partial charge in [0.2, 0.25) is 11.8 Å². The molecule has 3 aromatic carbocycles. The average molecular weight is 584 g/mol. The number of amides is 2. The summed E-state index contributed by atoms with van der Waals surface area (Å²) in [6, 6.07) is 18.3. The summed E-state index contributed by atoms with van der Waals surface area (Å²) in [7, 11) is -4.15. The Kier molecular flexibility index (Phi) is 10.8. The Labute approximate surface area is 243 Å². The number of hydrogen-bond donors (Lipinski definition) is 1. The van der Waals surface area contributed by atoms with E-state index in [4.69, 9.17) is 11.6 Å². The van der Waals surface area contributed by atoms with Gasteiger partial charge in [-0.3, -0.25) is 13.9 Å². The van der Waals surface area contributed by atoms with E-state index in [2.05, 4.69) is 5.32 Å². The number of rotatable bonds is 12. The fraction of sp³-hybridized carbons (Fsp3) is 0.355. The molecule has 0 aliphatic rings. The monoisotopic (exact) mass is 583 g/mol. The van der Waals surface area contributed by atoms with Gasteiger partial charge in [0, 0.05) is 18.1 Å². The largest absolute Gasteiger partial charge is 0.354 e. The van der Waals surface area contributed by atoms with Crippen LogP contribution in [0.2, 0.25) is 5.02 Å². The van der Waals surface area contributed by atoms with E-state index in [1.807, 2.05) is 58.9 Å². The third-order valence-electron chi connectivity index (χ3n) is 6.74. The lowest BCUT2D eigenvalue weighted by Gasteiger charge is -2.33. The number of benzene rings is 3. The van der Waals surface area contributed by atoms with Crippen LogP contribution < -0.4 is 9.62 Å². The highest BCUT2D eigenvalue weighted by Crippen LogP contribution is 2.29. The minimum atomic E-state index is -4.15. The molecule has 1 atom stereocenters. The summed E-state index contributed by atoms with van der Waals surface area (Å²) in [5.74, 6) is -0.761. The number of aryl methyl sites for hydroxylation is 3. The molecular formula is C31H38ClN3O4S. The molecule has 0 aromatic heterocycles. The summed E-state index contributed by atoms with van der Waals surface area (Å²) in [6.07, 6.45) is 1.12. The first-order valence-electron chi connectivity index (χ1n) is 13.5. The van der Waals surface area contributed by atoms with Gasteiger partial charge in [0.15, 0.2) is 0 Å². The Morgan fingerprint density at radius 1 is 0.900 bits per heavy atom. The van der Waals surface area contributed by atoms with Crippen LogP contribution in [-0.2, 0) is 26.2 Å².